The van der Waals surface area contributed by atoms with Gasteiger partial charge in [0.25, 0.3) is 0 Å². The van der Waals surface area contributed by atoms with Gasteiger partial charge in [-0.2, -0.15) is 0 Å². The van der Waals surface area contributed by atoms with Gasteiger partial charge in [0.1, 0.15) is 0 Å². The van der Waals surface area contributed by atoms with Gasteiger partial charge in [0, 0.05) is 5.56 Å². The van der Waals surface area contributed by atoms with Gasteiger partial charge in [-0.3, -0.25) is 0 Å². The quantitative estimate of drug-likeness (QED) is 0.638. The molecule has 0 bridgehead atoms. The third kappa shape index (κ3) is 1.46. The van der Waals surface area contributed by atoms with E-state index in [9.17, 15) is 0 Å². The van der Waals surface area contributed by atoms with E-state index >= 15 is 0 Å². The molecule has 70 valence electrons. The zero-order valence-corrected chi connectivity index (χ0v) is 7.36. The molecule has 0 spiro atoms. The zero-order chi connectivity index (χ0) is 9.42. The highest BCUT2D eigenvalue weighted by atomic mass is 16.9. The van der Waals surface area contributed by atoms with E-state index in [1.165, 1.54) is 0 Å². The average Bonchev–Trinajstić information content (AvgIpc) is 2.05. The largest absolute Gasteiger partial charge is 0.397 e. The number of nitrogen functional groups attached to an aromatic ring is 2. The molecular formula is C9H12N2O2. The Morgan fingerprint density at radius 2 is 1.85 bits per heavy atom. The highest BCUT2D eigenvalue weighted by Crippen LogP contribution is 2.33. The maximum absolute atomic E-state index is 5.64. The molecule has 0 atom stereocenters. The third-order valence-corrected chi connectivity index (χ3v) is 2.01. The molecule has 4 heteroatoms. The molecule has 0 aromatic heterocycles. The summed E-state index contributed by atoms with van der Waals surface area (Å²) in [4.78, 5) is 0. The predicted molar refractivity (Wildman–Crippen MR) is 49.6 cm³/mol. The minimum Gasteiger partial charge on any atom is -0.397 e. The maximum Gasteiger partial charge on any atom is 0.189 e. The van der Waals surface area contributed by atoms with E-state index in [1.54, 1.807) is 12.1 Å². The molecule has 1 aliphatic heterocycles. The molecule has 4 N–H and O–H groups in total. The van der Waals surface area contributed by atoms with Gasteiger partial charge in [-0.25, -0.2) is 0 Å². The van der Waals surface area contributed by atoms with E-state index in [2.05, 4.69) is 0 Å². The molecule has 1 saturated heterocycles. The first-order valence-corrected chi connectivity index (χ1v) is 4.12. The first-order chi connectivity index (χ1) is 6.16. The lowest BCUT2D eigenvalue weighted by Gasteiger charge is -2.34. The summed E-state index contributed by atoms with van der Waals surface area (Å²) in [6, 6.07) is 5.37. The van der Waals surface area contributed by atoms with Crippen molar-refractivity contribution in [1.82, 2.24) is 0 Å². The second kappa shape index (κ2) is 2.90. The van der Waals surface area contributed by atoms with Crippen LogP contribution in [0.5, 0.6) is 0 Å². The number of ether oxygens (including phenoxy) is 2. The van der Waals surface area contributed by atoms with Crippen LogP contribution >= 0.6 is 0 Å². The Morgan fingerprint density at radius 1 is 1.15 bits per heavy atom. The summed E-state index contributed by atoms with van der Waals surface area (Å²) < 4.78 is 10.6. The number of hydrogen-bond acceptors (Lipinski definition) is 4. The number of nitrogens with two attached hydrogens (primary N) is 2. The normalized spacial score (nSPS) is 26.8. The summed E-state index contributed by atoms with van der Waals surface area (Å²) in [6.45, 7) is 1.84. The number of hydrogen-bond donors (Lipinski definition) is 2. The van der Waals surface area contributed by atoms with Crippen LogP contribution in [0.1, 0.15) is 18.8 Å². The Labute approximate surface area is 76.4 Å². The number of rotatable bonds is 1. The topological polar surface area (TPSA) is 70.5 Å². The third-order valence-electron chi connectivity index (χ3n) is 2.01. The van der Waals surface area contributed by atoms with Crippen molar-refractivity contribution in [2.24, 2.45) is 0 Å². The van der Waals surface area contributed by atoms with E-state index in [0.29, 0.717) is 11.4 Å². The van der Waals surface area contributed by atoms with Gasteiger partial charge in [0.15, 0.2) is 12.6 Å². The standard InChI is InChI=1S/C9H12N2O2/c1-5-12-9(13-5)6-2-3-7(10)8(11)4-6/h2-5,9H,10-11H2,1H3. The molecule has 4 nitrogen and oxygen atoms in total. The summed E-state index contributed by atoms with van der Waals surface area (Å²) in [5.41, 5.74) is 13.3. The molecule has 2 rings (SSSR count). The fourth-order valence-corrected chi connectivity index (χ4v) is 1.26. The van der Waals surface area contributed by atoms with Crippen molar-refractivity contribution in [2.75, 3.05) is 11.5 Å². The van der Waals surface area contributed by atoms with Crippen molar-refractivity contribution in [2.45, 2.75) is 19.5 Å². The number of anilines is 2. The van der Waals surface area contributed by atoms with Gasteiger partial charge < -0.3 is 20.9 Å². The molecule has 0 saturated carbocycles. The minimum absolute atomic E-state index is 0.122. The Kier molecular flexibility index (Phi) is 1.86. The summed E-state index contributed by atoms with van der Waals surface area (Å²) in [6.07, 6.45) is -0.401. The van der Waals surface area contributed by atoms with E-state index in [1.807, 2.05) is 13.0 Å². The van der Waals surface area contributed by atoms with Crippen LogP contribution in [-0.2, 0) is 9.47 Å². The van der Waals surface area contributed by atoms with Crippen LogP contribution in [-0.4, -0.2) is 6.29 Å². The smallest absolute Gasteiger partial charge is 0.189 e. The minimum atomic E-state index is -0.280. The fraction of sp³-hybridized carbons (Fsp3) is 0.333. The van der Waals surface area contributed by atoms with Gasteiger partial charge >= 0.3 is 0 Å². The molecule has 1 heterocycles. The average molecular weight is 180 g/mol. The summed E-state index contributed by atoms with van der Waals surface area (Å²) in [5.74, 6) is 0. The predicted octanol–water partition coefficient (Wildman–Crippen LogP) is 1.24. The van der Waals surface area contributed by atoms with Crippen LogP contribution in [0.25, 0.3) is 0 Å². The van der Waals surface area contributed by atoms with Gasteiger partial charge in [0.2, 0.25) is 0 Å². The highest BCUT2D eigenvalue weighted by molar-refractivity contribution is 5.64. The molecule has 0 amide bonds. The summed E-state index contributed by atoms with van der Waals surface area (Å²) in [7, 11) is 0. The zero-order valence-electron chi connectivity index (χ0n) is 7.36. The van der Waals surface area contributed by atoms with Crippen molar-refractivity contribution in [3.05, 3.63) is 23.8 Å². The van der Waals surface area contributed by atoms with Gasteiger partial charge in [0.05, 0.1) is 11.4 Å². The highest BCUT2D eigenvalue weighted by Gasteiger charge is 2.28. The Bertz CT molecular complexity index is 321. The molecular weight excluding hydrogens is 168 g/mol. The van der Waals surface area contributed by atoms with E-state index in [0.717, 1.165) is 5.56 Å². The van der Waals surface area contributed by atoms with Crippen LogP contribution in [0, 0.1) is 0 Å². The van der Waals surface area contributed by atoms with Crippen LogP contribution in [0.3, 0.4) is 0 Å². The first kappa shape index (κ1) is 8.34. The molecule has 1 aromatic carbocycles. The Morgan fingerprint density at radius 3 is 2.38 bits per heavy atom. The van der Waals surface area contributed by atoms with Gasteiger partial charge in [-0.05, 0) is 19.1 Å². The molecule has 13 heavy (non-hydrogen) atoms. The number of benzene rings is 1. The first-order valence-electron chi connectivity index (χ1n) is 4.12. The maximum atomic E-state index is 5.64. The van der Waals surface area contributed by atoms with Crippen molar-refractivity contribution in [3.8, 4) is 0 Å². The van der Waals surface area contributed by atoms with Crippen molar-refractivity contribution >= 4 is 11.4 Å². The molecule has 0 radical (unpaired) electrons. The summed E-state index contributed by atoms with van der Waals surface area (Å²) in [5, 5.41) is 0. The lowest BCUT2D eigenvalue weighted by atomic mass is 10.1. The molecule has 0 unspecified atom stereocenters. The Balaban J connectivity index is 2.18. The monoisotopic (exact) mass is 180 g/mol. The van der Waals surface area contributed by atoms with Crippen LogP contribution in [0.2, 0.25) is 0 Å². The SMILES string of the molecule is CC1OC(c2ccc(N)c(N)c2)O1. The van der Waals surface area contributed by atoms with Gasteiger partial charge in [-0.1, -0.05) is 6.07 Å². The second-order valence-corrected chi connectivity index (χ2v) is 3.06. The summed E-state index contributed by atoms with van der Waals surface area (Å²) >= 11 is 0. The van der Waals surface area contributed by atoms with Crippen molar-refractivity contribution < 1.29 is 9.47 Å². The van der Waals surface area contributed by atoms with Crippen molar-refractivity contribution in [1.29, 1.82) is 0 Å². The lowest BCUT2D eigenvalue weighted by Crippen LogP contribution is -2.31. The van der Waals surface area contributed by atoms with Crippen LogP contribution in [0.4, 0.5) is 11.4 Å². The molecule has 1 aliphatic rings. The van der Waals surface area contributed by atoms with Crippen molar-refractivity contribution in [3.63, 3.8) is 0 Å². The van der Waals surface area contributed by atoms with Crippen LogP contribution in [0.15, 0.2) is 18.2 Å². The lowest BCUT2D eigenvalue weighted by molar-refractivity contribution is -0.382. The molecule has 1 aromatic rings. The fourth-order valence-electron chi connectivity index (χ4n) is 1.26. The Hall–Kier alpha value is -1.26. The molecule has 1 fully saturated rings. The van der Waals surface area contributed by atoms with Gasteiger partial charge in [-0.15, -0.1) is 0 Å². The van der Waals surface area contributed by atoms with E-state index < -0.39 is 0 Å². The molecule has 0 aliphatic carbocycles. The van der Waals surface area contributed by atoms with Crippen LogP contribution < -0.4 is 11.5 Å². The second-order valence-electron chi connectivity index (χ2n) is 3.06. The van der Waals surface area contributed by atoms with E-state index in [-0.39, 0.29) is 12.6 Å². The van der Waals surface area contributed by atoms with E-state index in [4.69, 9.17) is 20.9 Å².